The van der Waals surface area contributed by atoms with Gasteiger partial charge in [-0.2, -0.15) is 10.5 Å². The van der Waals surface area contributed by atoms with Gasteiger partial charge < -0.3 is 4.74 Å². The number of benzene rings is 1. The molecule has 0 bridgehead atoms. The average Bonchev–Trinajstić information content (AvgIpc) is 2.35. The van der Waals surface area contributed by atoms with Crippen LogP contribution in [0.25, 0.3) is 0 Å². The van der Waals surface area contributed by atoms with Gasteiger partial charge in [0.25, 0.3) is 0 Å². The van der Waals surface area contributed by atoms with E-state index in [-0.39, 0.29) is 6.10 Å². The van der Waals surface area contributed by atoms with E-state index < -0.39 is 0 Å². The van der Waals surface area contributed by atoms with E-state index in [0.29, 0.717) is 17.7 Å². The lowest BCUT2D eigenvalue weighted by molar-refractivity contribution is 0.0508. The van der Waals surface area contributed by atoms with Crippen molar-refractivity contribution < 1.29 is 4.74 Å². The van der Waals surface area contributed by atoms with E-state index in [9.17, 15) is 0 Å². The number of nitriles is 2. The Balaban J connectivity index is 2.81. The topological polar surface area (TPSA) is 56.8 Å². The Kier molecular flexibility index (Phi) is 4.51. The summed E-state index contributed by atoms with van der Waals surface area (Å²) in [4.78, 5) is 0. The molecule has 0 aliphatic heterocycles. The van der Waals surface area contributed by atoms with Gasteiger partial charge in [0.15, 0.2) is 0 Å². The van der Waals surface area contributed by atoms with Crippen molar-refractivity contribution in [3.05, 3.63) is 34.9 Å². The summed E-state index contributed by atoms with van der Waals surface area (Å²) in [7, 11) is 0. The molecule has 3 nitrogen and oxygen atoms in total. The molecule has 1 aromatic carbocycles. The Labute approximate surface area is 95.9 Å². The molecule has 16 heavy (non-hydrogen) atoms. The molecule has 1 aromatic rings. The summed E-state index contributed by atoms with van der Waals surface area (Å²) in [5, 5.41) is 17.6. The number of rotatable bonds is 4. The third-order valence-electron chi connectivity index (χ3n) is 2.36. The van der Waals surface area contributed by atoms with Crippen LogP contribution < -0.4 is 0 Å². The Bertz CT molecular complexity index is 408. The second kappa shape index (κ2) is 5.90. The van der Waals surface area contributed by atoms with Crippen molar-refractivity contribution in [2.24, 2.45) is 0 Å². The van der Waals surface area contributed by atoms with Gasteiger partial charge in [0.2, 0.25) is 0 Å². The standard InChI is InChI=1S/C13H14N2O/c1-3-10(2)16-9-13-5-11(7-14)4-12(6-13)8-15/h4-6,10H,3,9H2,1-2H3. The van der Waals surface area contributed by atoms with Crippen LogP contribution in [0.15, 0.2) is 18.2 Å². The first-order chi connectivity index (χ1) is 7.69. The molecule has 0 spiro atoms. The molecule has 0 N–H and O–H groups in total. The van der Waals surface area contributed by atoms with Gasteiger partial charge in [-0.1, -0.05) is 6.92 Å². The lowest BCUT2D eigenvalue weighted by Crippen LogP contribution is -2.06. The molecule has 82 valence electrons. The maximum atomic E-state index is 8.81. The number of ether oxygens (including phenoxy) is 1. The minimum atomic E-state index is 0.191. The maximum absolute atomic E-state index is 8.81. The van der Waals surface area contributed by atoms with Gasteiger partial charge in [0.05, 0.1) is 36.0 Å². The number of hydrogen-bond donors (Lipinski definition) is 0. The fourth-order valence-corrected chi connectivity index (χ4v) is 1.26. The predicted octanol–water partition coefficient (Wildman–Crippen LogP) is 2.75. The Morgan fingerprint density at radius 2 is 1.75 bits per heavy atom. The second-order valence-electron chi connectivity index (χ2n) is 3.67. The molecular weight excluding hydrogens is 200 g/mol. The van der Waals surface area contributed by atoms with Crippen molar-refractivity contribution in [2.45, 2.75) is 33.0 Å². The van der Waals surface area contributed by atoms with Crippen LogP contribution >= 0.6 is 0 Å². The van der Waals surface area contributed by atoms with Gasteiger partial charge in [-0.15, -0.1) is 0 Å². The van der Waals surface area contributed by atoms with Gasteiger partial charge in [-0.3, -0.25) is 0 Å². The quantitative estimate of drug-likeness (QED) is 0.774. The van der Waals surface area contributed by atoms with E-state index in [4.69, 9.17) is 15.3 Å². The van der Waals surface area contributed by atoms with Gasteiger partial charge in [0, 0.05) is 0 Å². The SMILES string of the molecule is CCC(C)OCc1cc(C#N)cc(C#N)c1. The molecule has 3 heteroatoms. The summed E-state index contributed by atoms with van der Waals surface area (Å²) in [5.74, 6) is 0. The maximum Gasteiger partial charge on any atom is 0.0992 e. The zero-order chi connectivity index (χ0) is 12.0. The second-order valence-corrected chi connectivity index (χ2v) is 3.67. The van der Waals surface area contributed by atoms with E-state index in [1.54, 1.807) is 18.2 Å². The van der Waals surface area contributed by atoms with Crippen molar-refractivity contribution in [2.75, 3.05) is 0 Å². The van der Waals surface area contributed by atoms with Crippen LogP contribution in [0.4, 0.5) is 0 Å². The summed E-state index contributed by atoms with van der Waals surface area (Å²) in [6, 6.07) is 9.16. The van der Waals surface area contributed by atoms with Crippen molar-refractivity contribution >= 4 is 0 Å². The lowest BCUT2D eigenvalue weighted by atomic mass is 10.1. The number of nitrogens with zero attached hydrogens (tertiary/aromatic N) is 2. The summed E-state index contributed by atoms with van der Waals surface area (Å²) in [5.41, 5.74) is 1.87. The highest BCUT2D eigenvalue weighted by atomic mass is 16.5. The van der Waals surface area contributed by atoms with E-state index in [1.165, 1.54) is 0 Å². The molecule has 0 aromatic heterocycles. The number of hydrogen-bond acceptors (Lipinski definition) is 3. The smallest absolute Gasteiger partial charge is 0.0992 e. The molecule has 0 aliphatic rings. The molecule has 0 aliphatic carbocycles. The van der Waals surface area contributed by atoms with Crippen LogP contribution in [-0.4, -0.2) is 6.10 Å². The van der Waals surface area contributed by atoms with Gasteiger partial charge in [-0.25, -0.2) is 0 Å². The van der Waals surface area contributed by atoms with Crippen molar-refractivity contribution in [3.63, 3.8) is 0 Å². The summed E-state index contributed by atoms with van der Waals surface area (Å²) in [6.07, 6.45) is 1.14. The van der Waals surface area contributed by atoms with Gasteiger partial charge in [0.1, 0.15) is 0 Å². The zero-order valence-corrected chi connectivity index (χ0v) is 9.53. The lowest BCUT2D eigenvalue weighted by Gasteiger charge is -2.10. The molecule has 1 atom stereocenters. The van der Waals surface area contributed by atoms with Gasteiger partial charge in [-0.05, 0) is 37.1 Å². The molecule has 0 fully saturated rings. The highest BCUT2D eigenvalue weighted by Crippen LogP contribution is 2.11. The minimum Gasteiger partial charge on any atom is -0.374 e. The van der Waals surface area contributed by atoms with Crippen LogP contribution in [0.3, 0.4) is 0 Å². The van der Waals surface area contributed by atoms with Crippen LogP contribution in [0.1, 0.15) is 37.0 Å². The zero-order valence-electron chi connectivity index (χ0n) is 9.53. The van der Waals surface area contributed by atoms with E-state index in [0.717, 1.165) is 12.0 Å². The first-order valence-corrected chi connectivity index (χ1v) is 5.25. The first kappa shape index (κ1) is 12.2. The van der Waals surface area contributed by atoms with Crippen LogP contribution in [-0.2, 0) is 11.3 Å². The van der Waals surface area contributed by atoms with E-state index in [1.807, 2.05) is 19.1 Å². The van der Waals surface area contributed by atoms with Crippen molar-refractivity contribution in [3.8, 4) is 12.1 Å². The molecule has 0 saturated carbocycles. The fourth-order valence-electron chi connectivity index (χ4n) is 1.26. The van der Waals surface area contributed by atoms with Crippen LogP contribution in [0, 0.1) is 22.7 Å². The molecular formula is C13H14N2O. The van der Waals surface area contributed by atoms with Crippen molar-refractivity contribution in [1.82, 2.24) is 0 Å². The fraction of sp³-hybridized carbons (Fsp3) is 0.385. The largest absolute Gasteiger partial charge is 0.374 e. The minimum absolute atomic E-state index is 0.191. The molecule has 0 heterocycles. The highest BCUT2D eigenvalue weighted by molar-refractivity contribution is 5.42. The predicted molar refractivity (Wildman–Crippen MR) is 60.4 cm³/mol. The molecule has 0 radical (unpaired) electrons. The van der Waals surface area contributed by atoms with Crippen LogP contribution in [0.5, 0.6) is 0 Å². The van der Waals surface area contributed by atoms with Gasteiger partial charge >= 0.3 is 0 Å². The molecule has 0 saturated heterocycles. The normalized spacial score (nSPS) is 11.5. The molecule has 1 unspecified atom stereocenters. The van der Waals surface area contributed by atoms with E-state index >= 15 is 0 Å². The third kappa shape index (κ3) is 3.38. The Morgan fingerprint density at radius 1 is 1.19 bits per heavy atom. The highest BCUT2D eigenvalue weighted by Gasteiger charge is 2.03. The average molecular weight is 214 g/mol. The van der Waals surface area contributed by atoms with E-state index in [2.05, 4.69) is 6.92 Å². The molecule has 0 amide bonds. The Hall–Kier alpha value is -1.84. The third-order valence-corrected chi connectivity index (χ3v) is 2.36. The first-order valence-electron chi connectivity index (χ1n) is 5.25. The summed E-state index contributed by atoms with van der Waals surface area (Å²) < 4.78 is 5.56. The Morgan fingerprint density at radius 3 is 2.19 bits per heavy atom. The summed E-state index contributed by atoms with van der Waals surface area (Å²) >= 11 is 0. The van der Waals surface area contributed by atoms with Crippen LogP contribution in [0.2, 0.25) is 0 Å². The molecule has 1 rings (SSSR count). The summed E-state index contributed by atoms with van der Waals surface area (Å²) in [6.45, 7) is 4.50. The monoisotopic (exact) mass is 214 g/mol. The van der Waals surface area contributed by atoms with Crippen molar-refractivity contribution in [1.29, 1.82) is 10.5 Å².